The average Bonchev–Trinajstić information content (AvgIpc) is 3.67. The molecule has 3 heterocycles. The van der Waals surface area contributed by atoms with Crippen LogP contribution in [0.15, 0.2) is 84.9 Å². The van der Waals surface area contributed by atoms with E-state index in [2.05, 4.69) is 15.6 Å². The molecule has 3 amide bonds. The fraction of sp³-hybridized carbons (Fsp3) is 0.395. The van der Waals surface area contributed by atoms with Crippen molar-refractivity contribution in [3.8, 4) is 0 Å². The van der Waals surface area contributed by atoms with Crippen LogP contribution in [0.4, 0.5) is 5.69 Å². The maximum absolute atomic E-state index is 14.1. The Labute approximate surface area is 298 Å². The molecule has 0 radical (unpaired) electrons. The van der Waals surface area contributed by atoms with Gasteiger partial charge >= 0.3 is 0 Å². The number of H-pyrrole nitrogens is 1. The zero-order valence-corrected chi connectivity index (χ0v) is 30.0. The third-order valence-electron chi connectivity index (χ3n) is 9.99. The number of hydrogen-bond acceptors (Lipinski definition) is 7. The Morgan fingerprint density at radius 2 is 1.65 bits per heavy atom. The fourth-order valence-electron chi connectivity index (χ4n) is 7.10. The molecule has 1 saturated heterocycles. The monoisotopic (exact) mass is 714 g/mol. The number of aromatic amines is 1. The van der Waals surface area contributed by atoms with Crippen LogP contribution in [0.2, 0.25) is 0 Å². The first kappa shape index (κ1) is 36.1. The second-order valence-electron chi connectivity index (χ2n) is 14.2. The molecule has 2 aliphatic heterocycles. The molecule has 1 aromatic heterocycles. The van der Waals surface area contributed by atoms with Crippen LogP contribution in [-0.4, -0.2) is 86.1 Å². The topological polar surface area (TPSA) is 167 Å². The largest absolute Gasteiger partial charge is 0.374 e. The Bertz CT molecular complexity index is 1970. The van der Waals surface area contributed by atoms with E-state index in [-0.39, 0.29) is 25.5 Å². The van der Waals surface area contributed by atoms with Crippen LogP contribution in [-0.2, 0) is 47.6 Å². The third kappa shape index (κ3) is 7.95. The number of carbonyl (C=O) groups is 3. The molecule has 1 spiro atoms. The lowest BCUT2D eigenvalue weighted by atomic mass is 9.74. The number of hydrogen-bond donors (Lipinski definition) is 4. The summed E-state index contributed by atoms with van der Waals surface area (Å²) in [6.07, 6.45) is 2.58. The van der Waals surface area contributed by atoms with Crippen molar-refractivity contribution in [2.45, 2.75) is 62.8 Å². The van der Waals surface area contributed by atoms with Crippen LogP contribution in [0.1, 0.15) is 43.5 Å². The summed E-state index contributed by atoms with van der Waals surface area (Å²) in [5.41, 5.74) is 8.77. The van der Waals surface area contributed by atoms with E-state index in [0.29, 0.717) is 38.2 Å². The molecule has 4 aromatic rings. The minimum Gasteiger partial charge on any atom is -0.374 e. The number of ether oxygens (including phenoxy) is 1. The van der Waals surface area contributed by atoms with Crippen LogP contribution in [0.25, 0.3) is 10.9 Å². The number of anilines is 1. The molecule has 3 aromatic carbocycles. The maximum Gasteiger partial charge on any atom is 0.247 e. The van der Waals surface area contributed by atoms with Crippen molar-refractivity contribution in [3.63, 3.8) is 0 Å². The number of rotatable bonds is 12. The lowest BCUT2D eigenvalue weighted by molar-refractivity contribution is -0.141. The average molecular weight is 715 g/mol. The molecule has 0 unspecified atom stereocenters. The van der Waals surface area contributed by atoms with Gasteiger partial charge in [-0.05, 0) is 61.4 Å². The first-order valence-electron chi connectivity index (χ1n) is 17.2. The van der Waals surface area contributed by atoms with Crippen molar-refractivity contribution in [2.24, 2.45) is 5.73 Å². The Morgan fingerprint density at radius 3 is 2.35 bits per heavy atom. The van der Waals surface area contributed by atoms with Gasteiger partial charge in [-0.3, -0.25) is 18.7 Å². The third-order valence-corrected chi connectivity index (χ3v) is 11.1. The van der Waals surface area contributed by atoms with Gasteiger partial charge in [0.25, 0.3) is 0 Å². The molecule has 5 N–H and O–H groups in total. The zero-order chi connectivity index (χ0) is 36.4. The Balaban J connectivity index is 1.12. The molecule has 2 atom stereocenters. The molecule has 0 saturated carbocycles. The van der Waals surface area contributed by atoms with Gasteiger partial charge in [0.2, 0.25) is 27.7 Å². The minimum absolute atomic E-state index is 0.0876. The van der Waals surface area contributed by atoms with Crippen LogP contribution >= 0.6 is 0 Å². The number of nitrogens with two attached hydrogens (primary N) is 1. The molecule has 51 heavy (non-hydrogen) atoms. The Morgan fingerprint density at radius 1 is 0.980 bits per heavy atom. The Kier molecular flexibility index (Phi) is 10.3. The molecule has 6 rings (SSSR count). The summed E-state index contributed by atoms with van der Waals surface area (Å²) in [6.45, 7) is 4.36. The number of nitrogens with zero attached hydrogens (tertiary/aromatic N) is 2. The number of fused-ring (bicyclic) bond motifs is 3. The molecule has 270 valence electrons. The number of amides is 3. The van der Waals surface area contributed by atoms with E-state index in [1.807, 2.05) is 84.9 Å². The van der Waals surface area contributed by atoms with Crippen molar-refractivity contribution in [1.82, 2.24) is 20.5 Å². The number of aromatic nitrogens is 1. The highest BCUT2D eigenvalue weighted by atomic mass is 32.2. The van der Waals surface area contributed by atoms with E-state index in [4.69, 9.17) is 10.5 Å². The van der Waals surface area contributed by atoms with Crippen molar-refractivity contribution < 1.29 is 27.5 Å². The molecular formula is C38H46N6O6S. The van der Waals surface area contributed by atoms with Gasteiger partial charge in [0.05, 0.1) is 31.2 Å². The van der Waals surface area contributed by atoms with E-state index < -0.39 is 44.9 Å². The van der Waals surface area contributed by atoms with E-state index >= 15 is 0 Å². The summed E-state index contributed by atoms with van der Waals surface area (Å²) in [5.74, 6) is -1.37. The van der Waals surface area contributed by atoms with E-state index in [9.17, 15) is 22.8 Å². The highest BCUT2D eigenvalue weighted by molar-refractivity contribution is 7.92. The molecule has 1 fully saturated rings. The highest BCUT2D eigenvalue weighted by Gasteiger charge is 2.48. The summed E-state index contributed by atoms with van der Waals surface area (Å²) < 4.78 is 32.8. The molecular weight excluding hydrogens is 669 g/mol. The molecule has 0 bridgehead atoms. The quantitative estimate of drug-likeness (QED) is 0.175. The number of carbonyl (C=O) groups excluding carboxylic acids is 3. The van der Waals surface area contributed by atoms with Gasteiger partial charge in [0.1, 0.15) is 11.6 Å². The van der Waals surface area contributed by atoms with Gasteiger partial charge in [0.15, 0.2) is 0 Å². The van der Waals surface area contributed by atoms with Crippen LogP contribution in [0.5, 0.6) is 0 Å². The normalized spacial score (nSPS) is 16.9. The van der Waals surface area contributed by atoms with Crippen LogP contribution in [0.3, 0.4) is 0 Å². The van der Waals surface area contributed by atoms with Gasteiger partial charge < -0.3 is 31.0 Å². The second-order valence-corrected chi connectivity index (χ2v) is 16.1. The lowest BCUT2D eigenvalue weighted by Gasteiger charge is -2.41. The summed E-state index contributed by atoms with van der Waals surface area (Å²) in [4.78, 5) is 46.0. The summed E-state index contributed by atoms with van der Waals surface area (Å²) in [6, 6.07) is 24.8. The maximum atomic E-state index is 14.1. The highest BCUT2D eigenvalue weighted by Crippen LogP contribution is 2.47. The number of benzene rings is 3. The van der Waals surface area contributed by atoms with E-state index in [1.165, 1.54) is 10.6 Å². The Hall–Kier alpha value is -4.72. The molecule has 12 nitrogen and oxygen atoms in total. The smallest absolute Gasteiger partial charge is 0.247 e. The van der Waals surface area contributed by atoms with Gasteiger partial charge in [-0.1, -0.05) is 66.7 Å². The van der Waals surface area contributed by atoms with Crippen molar-refractivity contribution in [3.05, 3.63) is 102 Å². The summed E-state index contributed by atoms with van der Waals surface area (Å²) >= 11 is 0. The van der Waals surface area contributed by atoms with Crippen LogP contribution in [0, 0.1) is 0 Å². The number of sulfonamides is 1. The van der Waals surface area contributed by atoms with Gasteiger partial charge in [0, 0.05) is 42.7 Å². The molecule has 13 heteroatoms. The number of likely N-dealkylation sites (tertiary alicyclic amines) is 1. The predicted molar refractivity (Wildman–Crippen MR) is 196 cm³/mol. The van der Waals surface area contributed by atoms with Crippen molar-refractivity contribution in [2.75, 3.05) is 36.8 Å². The second kappa shape index (κ2) is 14.5. The van der Waals surface area contributed by atoms with Crippen LogP contribution < -0.4 is 20.7 Å². The molecule has 0 aliphatic carbocycles. The van der Waals surface area contributed by atoms with Gasteiger partial charge in [-0.15, -0.1) is 0 Å². The van der Waals surface area contributed by atoms with Crippen molar-refractivity contribution in [1.29, 1.82) is 0 Å². The van der Waals surface area contributed by atoms with Gasteiger partial charge in [-0.2, -0.15) is 0 Å². The van der Waals surface area contributed by atoms with E-state index in [0.717, 1.165) is 27.7 Å². The zero-order valence-electron chi connectivity index (χ0n) is 29.2. The number of piperidine rings is 1. The summed E-state index contributed by atoms with van der Waals surface area (Å²) in [5, 5.41) is 6.63. The first-order valence-corrected chi connectivity index (χ1v) is 19.0. The number of nitrogens with one attached hydrogen (secondary N) is 3. The van der Waals surface area contributed by atoms with E-state index in [1.54, 1.807) is 18.7 Å². The lowest BCUT2D eigenvalue weighted by Crippen LogP contribution is -2.62. The minimum atomic E-state index is -3.48. The first-order chi connectivity index (χ1) is 24.3. The fourth-order valence-corrected chi connectivity index (χ4v) is 8.09. The standard InChI is InChI=1S/C38H46N6O6S/c1-37(2,42-34(45)30(39)22-28-21-27-13-7-9-15-31(27)40-28)36(47)41-32(24-50-23-26-11-5-4-6-12-26)35(46)43-19-17-38(18-20-43)25-44(51(3,48)49)33-16-10-8-14-29(33)38/h4-16,21,30,32,40H,17-20,22-25,39H2,1-3H3,(H,41,47)(H,42,45)/t30-,32+/m0/s1. The summed E-state index contributed by atoms with van der Waals surface area (Å²) in [7, 11) is -3.48. The van der Waals surface area contributed by atoms with Crippen molar-refractivity contribution >= 4 is 44.3 Å². The predicted octanol–water partition coefficient (Wildman–Crippen LogP) is 2.97. The number of para-hydroxylation sites is 2. The van der Waals surface area contributed by atoms with Gasteiger partial charge in [-0.25, -0.2) is 8.42 Å². The SMILES string of the molecule is CC(C)(NC(=O)[C@@H](N)Cc1cc2ccccc2[nH]1)C(=O)N[C@H](COCc1ccccc1)C(=O)N1CCC2(CC1)CN(S(C)(=O)=O)c1ccccc12. The molecule has 2 aliphatic rings.